The van der Waals surface area contributed by atoms with E-state index in [1.165, 1.54) is 0 Å². The van der Waals surface area contributed by atoms with Crippen molar-refractivity contribution in [1.29, 1.82) is 0 Å². The maximum absolute atomic E-state index is 12.6. The lowest BCUT2D eigenvalue weighted by molar-refractivity contribution is 0.283. The van der Waals surface area contributed by atoms with Gasteiger partial charge in [-0.05, 0) is 32.7 Å². The first-order valence-electron chi connectivity index (χ1n) is 7.33. The summed E-state index contributed by atoms with van der Waals surface area (Å²) in [6.45, 7) is 6.87. The Morgan fingerprint density at radius 3 is 2.90 bits per heavy atom. The fourth-order valence-corrected chi connectivity index (χ4v) is 3.91. The molecule has 1 N–H and O–H groups in total. The summed E-state index contributed by atoms with van der Waals surface area (Å²) in [6.07, 6.45) is 6.18. The predicted molar refractivity (Wildman–Crippen MR) is 78.0 cm³/mol. The fourth-order valence-electron chi connectivity index (χ4n) is 2.45. The number of nitrogens with one attached hydrogen (secondary N) is 1. The van der Waals surface area contributed by atoms with Crippen molar-refractivity contribution < 1.29 is 8.42 Å². The molecule has 1 fully saturated rings. The molecule has 1 atom stereocenters. The monoisotopic (exact) mass is 300 g/mol. The van der Waals surface area contributed by atoms with Gasteiger partial charge in [-0.3, -0.25) is 0 Å². The van der Waals surface area contributed by atoms with Crippen LogP contribution in [0.4, 0.5) is 0 Å². The maximum Gasteiger partial charge on any atom is 0.262 e. The SMILES string of the molecule is CCCNC1CCCN(S(=O)(=O)c2cn(CC)cn2)C1. The molecule has 20 heavy (non-hydrogen) atoms. The molecule has 1 aromatic heterocycles. The third-order valence-corrected chi connectivity index (χ3v) is 5.40. The van der Waals surface area contributed by atoms with Gasteiger partial charge in [0.25, 0.3) is 10.0 Å². The van der Waals surface area contributed by atoms with Crippen LogP contribution in [0.1, 0.15) is 33.1 Å². The van der Waals surface area contributed by atoms with E-state index in [9.17, 15) is 8.42 Å². The predicted octanol–water partition coefficient (Wildman–Crippen LogP) is 1.06. The van der Waals surface area contributed by atoms with Crippen molar-refractivity contribution in [1.82, 2.24) is 19.2 Å². The highest BCUT2D eigenvalue weighted by Gasteiger charge is 2.31. The van der Waals surface area contributed by atoms with Gasteiger partial charge in [0, 0.05) is 31.9 Å². The van der Waals surface area contributed by atoms with Crippen molar-refractivity contribution in [2.24, 2.45) is 0 Å². The van der Waals surface area contributed by atoms with Gasteiger partial charge in [-0.15, -0.1) is 0 Å². The van der Waals surface area contributed by atoms with Gasteiger partial charge in [-0.2, -0.15) is 4.31 Å². The molecule has 7 heteroatoms. The van der Waals surface area contributed by atoms with Gasteiger partial charge in [-0.1, -0.05) is 6.92 Å². The van der Waals surface area contributed by atoms with Crippen LogP contribution in [0.15, 0.2) is 17.6 Å². The minimum atomic E-state index is -3.45. The molecular weight excluding hydrogens is 276 g/mol. The van der Waals surface area contributed by atoms with Gasteiger partial charge in [0.2, 0.25) is 0 Å². The molecule has 0 bridgehead atoms. The number of rotatable bonds is 6. The van der Waals surface area contributed by atoms with Crippen LogP contribution in [-0.4, -0.2) is 48.0 Å². The number of aryl methyl sites for hydroxylation is 1. The van der Waals surface area contributed by atoms with E-state index in [0.717, 1.165) is 32.4 Å². The molecule has 1 aromatic rings. The summed E-state index contributed by atoms with van der Waals surface area (Å²) >= 11 is 0. The Labute approximate surface area is 121 Å². The Morgan fingerprint density at radius 1 is 1.45 bits per heavy atom. The minimum Gasteiger partial charge on any atom is -0.336 e. The van der Waals surface area contributed by atoms with Gasteiger partial charge >= 0.3 is 0 Å². The number of hydrogen-bond acceptors (Lipinski definition) is 4. The number of piperidine rings is 1. The average Bonchev–Trinajstić information content (AvgIpc) is 2.95. The van der Waals surface area contributed by atoms with Gasteiger partial charge in [0.05, 0.1) is 6.33 Å². The summed E-state index contributed by atoms with van der Waals surface area (Å²) in [5, 5.41) is 3.57. The summed E-state index contributed by atoms with van der Waals surface area (Å²) in [5.74, 6) is 0. The molecule has 1 aliphatic heterocycles. The highest BCUT2D eigenvalue weighted by molar-refractivity contribution is 7.89. The van der Waals surface area contributed by atoms with E-state index in [4.69, 9.17) is 0 Å². The summed E-state index contributed by atoms with van der Waals surface area (Å²) in [5.41, 5.74) is 0. The van der Waals surface area contributed by atoms with E-state index in [-0.39, 0.29) is 11.1 Å². The van der Waals surface area contributed by atoms with Gasteiger partial charge in [0.15, 0.2) is 5.03 Å². The number of hydrogen-bond donors (Lipinski definition) is 1. The first-order chi connectivity index (χ1) is 9.57. The van der Waals surface area contributed by atoms with Crippen molar-refractivity contribution in [3.8, 4) is 0 Å². The van der Waals surface area contributed by atoms with Crippen LogP contribution in [0.25, 0.3) is 0 Å². The quantitative estimate of drug-likeness (QED) is 0.853. The molecule has 6 nitrogen and oxygen atoms in total. The largest absolute Gasteiger partial charge is 0.336 e. The zero-order valence-corrected chi connectivity index (χ0v) is 13.1. The van der Waals surface area contributed by atoms with Crippen molar-refractivity contribution in [2.75, 3.05) is 19.6 Å². The molecular formula is C13H24N4O2S. The third kappa shape index (κ3) is 3.39. The van der Waals surface area contributed by atoms with Crippen molar-refractivity contribution in [2.45, 2.75) is 50.7 Å². The van der Waals surface area contributed by atoms with Gasteiger partial charge in [-0.25, -0.2) is 13.4 Å². The summed E-state index contributed by atoms with van der Waals surface area (Å²) < 4.78 is 28.5. The lowest BCUT2D eigenvalue weighted by atomic mass is 10.1. The van der Waals surface area contributed by atoms with E-state index in [1.807, 2.05) is 6.92 Å². The van der Waals surface area contributed by atoms with E-state index in [1.54, 1.807) is 21.4 Å². The lowest BCUT2D eigenvalue weighted by Gasteiger charge is -2.31. The first-order valence-corrected chi connectivity index (χ1v) is 8.77. The van der Waals surface area contributed by atoms with E-state index < -0.39 is 10.0 Å². The van der Waals surface area contributed by atoms with E-state index in [0.29, 0.717) is 13.1 Å². The highest BCUT2D eigenvalue weighted by Crippen LogP contribution is 2.19. The number of imidazole rings is 1. The molecule has 0 radical (unpaired) electrons. The molecule has 0 saturated carbocycles. The summed E-state index contributed by atoms with van der Waals surface area (Å²) in [4.78, 5) is 4.03. The van der Waals surface area contributed by atoms with Crippen molar-refractivity contribution in [3.05, 3.63) is 12.5 Å². The zero-order chi connectivity index (χ0) is 14.6. The highest BCUT2D eigenvalue weighted by atomic mass is 32.2. The van der Waals surface area contributed by atoms with E-state index in [2.05, 4.69) is 17.2 Å². The molecule has 0 amide bonds. The fraction of sp³-hybridized carbons (Fsp3) is 0.769. The van der Waals surface area contributed by atoms with E-state index >= 15 is 0 Å². The molecule has 1 saturated heterocycles. The van der Waals surface area contributed by atoms with Crippen LogP contribution < -0.4 is 5.32 Å². The zero-order valence-electron chi connectivity index (χ0n) is 12.2. The molecule has 1 unspecified atom stereocenters. The Balaban J connectivity index is 2.08. The molecule has 114 valence electrons. The normalized spacial score (nSPS) is 21.2. The average molecular weight is 300 g/mol. The number of aromatic nitrogens is 2. The molecule has 0 aromatic carbocycles. The van der Waals surface area contributed by atoms with Crippen LogP contribution in [0.5, 0.6) is 0 Å². The second-order valence-corrected chi connectivity index (χ2v) is 7.08. The number of sulfonamides is 1. The standard InChI is InChI=1S/C13H24N4O2S/c1-3-7-14-12-6-5-8-17(9-12)20(18,19)13-10-16(4-2)11-15-13/h10-12,14H,3-9H2,1-2H3. The second-order valence-electron chi connectivity index (χ2n) is 5.20. The second kappa shape index (κ2) is 6.69. The summed E-state index contributed by atoms with van der Waals surface area (Å²) in [6, 6.07) is 0.256. The Hall–Kier alpha value is -0.920. The van der Waals surface area contributed by atoms with Crippen molar-refractivity contribution in [3.63, 3.8) is 0 Å². The smallest absolute Gasteiger partial charge is 0.262 e. The maximum atomic E-state index is 12.6. The first kappa shape index (κ1) is 15.5. The molecule has 1 aliphatic rings. The topological polar surface area (TPSA) is 67.2 Å². The number of nitrogens with zero attached hydrogens (tertiary/aromatic N) is 3. The van der Waals surface area contributed by atoms with Crippen LogP contribution >= 0.6 is 0 Å². The van der Waals surface area contributed by atoms with Crippen LogP contribution in [0.3, 0.4) is 0 Å². The third-order valence-electron chi connectivity index (χ3n) is 3.65. The summed E-state index contributed by atoms with van der Waals surface area (Å²) in [7, 11) is -3.45. The van der Waals surface area contributed by atoms with Crippen LogP contribution in [-0.2, 0) is 16.6 Å². The molecule has 2 heterocycles. The van der Waals surface area contributed by atoms with Crippen LogP contribution in [0, 0.1) is 0 Å². The Bertz CT molecular complexity index is 526. The lowest BCUT2D eigenvalue weighted by Crippen LogP contribution is -2.48. The van der Waals surface area contributed by atoms with Crippen molar-refractivity contribution >= 4 is 10.0 Å². The minimum absolute atomic E-state index is 0.162. The van der Waals surface area contributed by atoms with Gasteiger partial charge < -0.3 is 9.88 Å². The Morgan fingerprint density at radius 2 is 2.25 bits per heavy atom. The van der Waals surface area contributed by atoms with Crippen LogP contribution in [0.2, 0.25) is 0 Å². The molecule has 0 aliphatic carbocycles. The molecule has 2 rings (SSSR count). The Kier molecular flexibility index (Phi) is 5.17. The van der Waals surface area contributed by atoms with Gasteiger partial charge in [0.1, 0.15) is 0 Å². The molecule has 0 spiro atoms.